The largest absolute Gasteiger partial charge is 0.462 e. The van der Waals surface area contributed by atoms with Crippen molar-refractivity contribution in [3.63, 3.8) is 0 Å². The van der Waals surface area contributed by atoms with Crippen molar-refractivity contribution in [2.75, 3.05) is 13.2 Å². The van der Waals surface area contributed by atoms with Gasteiger partial charge in [-0.05, 0) is 97.2 Å². The van der Waals surface area contributed by atoms with Gasteiger partial charge in [-0.2, -0.15) is 0 Å². The lowest BCUT2D eigenvalue weighted by Gasteiger charge is -2.65. The van der Waals surface area contributed by atoms with Gasteiger partial charge in [-0.25, -0.2) is 0 Å². The van der Waals surface area contributed by atoms with Gasteiger partial charge in [0.1, 0.15) is 36.1 Å². The van der Waals surface area contributed by atoms with E-state index in [1.807, 2.05) is 0 Å². The fourth-order valence-electron chi connectivity index (χ4n) is 14.6. The molecule has 264 valence electrons. The van der Waals surface area contributed by atoms with E-state index in [1.54, 1.807) is 6.92 Å². The van der Waals surface area contributed by atoms with Crippen molar-refractivity contribution >= 4 is 5.97 Å². The summed E-state index contributed by atoms with van der Waals surface area (Å²) in [6, 6.07) is 0. The minimum Gasteiger partial charge on any atom is -0.462 e. The zero-order chi connectivity index (χ0) is 33.3. The summed E-state index contributed by atoms with van der Waals surface area (Å²) in [5.74, 6) is 0.642. The molecule has 4 aliphatic heterocycles. The molecule has 0 aromatic heterocycles. The van der Waals surface area contributed by atoms with Crippen LogP contribution in [0.25, 0.3) is 0 Å². The molecule has 0 unspecified atom stereocenters. The average molecular weight is 661 g/mol. The first-order valence-corrected chi connectivity index (χ1v) is 18.5. The van der Waals surface area contributed by atoms with Gasteiger partial charge in [-0.15, -0.1) is 0 Å². The maximum atomic E-state index is 12.9. The zero-order valence-corrected chi connectivity index (χ0v) is 29.2. The van der Waals surface area contributed by atoms with Crippen LogP contribution in [0.5, 0.6) is 0 Å². The Labute approximate surface area is 278 Å². The van der Waals surface area contributed by atoms with Crippen molar-refractivity contribution in [2.45, 2.75) is 160 Å². The first-order valence-electron chi connectivity index (χ1n) is 18.5. The summed E-state index contributed by atoms with van der Waals surface area (Å²) in [5.41, 5.74) is -0.492. The number of aliphatic hydroxyl groups is 3. The maximum absolute atomic E-state index is 12.9. The second-order valence-corrected chi connectivity index (χ2v) is 18.9. The van der Waals surface area contributed by atoms with E-state index in [0.717, 1.165) is 51.4 Å². The summed E-state index contributed by atoms with van der Waals surface area (Å²) in [4.78, 5) is 12.9. The van der Waals surface area contributed by atoms with Crippen molar-refractivity contribution in [3.8, 4) is 0 Å². The number of hydrogen-bond donors (Lipinski definition) is 3. The number of hydrogen-bond acceptors (Lipinski definition) is 10. The third kappa shape index (κ3) is 3.78. The summed E-state index contributed by atoms with van der Waals surface area (Å²) in [6.07, 6.45) is 2.89. The Balaban J connectivity index is 1.03. The Morgan fingerprint density at radius 2 is 1.62 bits per heavy atom. The van der Waals surface area contributed by atoms with Crippen LogP contribution in [0.4, 0.5) is 0 Å². The second-order valence-electron chi connectivity index (χ2n) is 18.9. The van der Waals surface area contributed by atoms with Gasteiger partial charge in [0.2, 0.25) is 0 Å². The van der Waals surface area contributed by atoms with E-state index in [2.05, 4.69) is 41.5 Å². The van der Waals surface area contributed by atoms with Gasteiger partial charge in [0.15, 0.2) is 12.1 Å². The first-order chi connectivity index (χ1) is 22.0. The minimum atomic E-state index is -1.29. The summed E-state index contributed by atoms with van der Waals surface area (Å²) in [5, 5.41) is 31.0. The van der Waals surface area contributed by atoms with Crippen molar-refractivity contribution < 1.29 is 48.5 Å². The molecule has 0 radical (unpaired) electrons. The molecule has 5 aliphatic carbocycles. The Morgan fingerprint density at radius 1 is 0.872 bits per heavy atom. The number of epoxide rings is 1. The lowest BCUT2D eigenvalue weighted by atomic mass is 9.41. The van der Waals surface area contributed by atoms with E-state index < -0.39 is 30.4 Å². The second kappa shape index (κ2) is 9.52. The Morgan fingerprint density at radius 3 is 2.30 bits per heavy atom. The highest BCUT2D eigenvalue weighted by molar-refractivity contribution is 5.66. The van der Waals surface area contributed by atoms with Crippen LogP contribution in [-0.4, -0.2) is 94.9 Å². The summed E-state index contributed by atoms with van der Waals surface area (Å²) < 4.78 is 38.4. The lowest BCUT2D eigenvalue weighted by molar-refractivity contribution is -0.309. The predicted octanol–water partition coefficient (Wildman–Crippen LogP) is 3.71. The van der Waals surface area contributed by atoms with Crippen molar-refractivity contribution in [1.29, 1.82) is 0 Å². The van der Waals surface area contributed by atoms with Crippen LogP contribution in [0.2, 0.25) is 0 Å². The molecule has 10 nitrogen and oxygen atoms in total. The molecule has 4 heterocycles. The highest BCUT2D eigenvalue weighted by atomic mass is 16.8. The Kier molecular flexibility index (Phi) is 6.50. The van der Waals surface area contributed by atoms with Gasteiger partial charge in [0.05, 0.1) is 25.4 Å². The lowest BCUT2D eigenvalue weighted by Crippen LogP contribution is -2.64. The van der Waals surface area contributed by atoms with Gasteiger partial charge < -0.3 is 43.7 Å². The highest BCUT2D eigenvalue weighted by Crippen LogP contribution is 2.89. The monoisotopic (exact) mass is 660 g/mol. The van der Waals surface area contributed by atoms with Crippen LogP contribution >= 0.6 is 0 Å². The van der Waals surface area contributed by atoms with Gasteiger partial charge in [0, 0.05) is 18.8 Å². The molecule has 0 amide bonds. The molecule has 10 heteroatoms. The molecule has 4 saturated heterocycles. The van der Waals surface area contributed by atoms with Gasteiger partial charge in [-0.3, -0.25) is 4.79 Å². The number of carbonyl (C=O) groups excluding carboxylic acids is 1. The Hall–Kier alpha value is -0.850. The summed E-state index contributed by atoms with van der Waals surface area (Å²) >= 11 is 0. The third-order valence-corrected chi connectivity index (χ3v) is 16.6. The van der Waals surface area contributed by atoms with E-state index in [-0.39, 0.29) is 75.6 Å². The van der Waals surface area contributed by atoms with Crippen molar-refractivity contribution in [1.82, 2.24) is 0 Å². The molecule has 18 atom stereocenters. The molecule has 0 bridgehead atoms. The molecular weight excluding hydrogens is 604 g/mol. The number of esters is 1. The molecular formula is C37H56O10. The summed E-state index contributed by atoms with van der Waals surface area (Å²) in [7, 11) is 0. The number of ether oxygens (including phenoxy) is 6. The Bertz CT molecular complexity index is 1360. The van der Waals surface area contributed by atoms with E-state index in [4.69, 9.17) is 28.4 Å². The molecule has 9 aliphatic rings. The van der Waals surface area contributed by atoms with Crippen LogP contribution in [0.1, 0.15) is 99.8 Å². The zero-order valence-electron chi connectivity index (χ0n) is 29.2. The van der Waals surface area contributed by atoms with Crippen LogP contribution in [0, 0.1) is 50.7 Å². The van der Waals surface area contributed by atoms with E-state index >= 15 is 0 Å². The predicted molar refractivity (Wildman–Crippen MR) is 166 cm³/mol. The topological polar surface area (TPSA) is 136 Å². The van der Waals surface area contributed by atoms with Crippen LogP contribution in [0.15, 0.2) is 0 Å². The third-order valence-electron chi connectivity index (χ3n) is 16.6. The number of fused-ring (bicyclic) bond motifs is 6. The van der Waals surface area contributed by atoms with Gasteiger partial charge >= 0.3 is 5.97 Å². The van der Waals surface area contributed by atoms with E-state index in [9.17, 15) is 20.1 Å². The van der Waals surface area contributed by atoms with E-state index in [0.29, 0.717) is 24.4 Å². The molecule has 9 fully saturated rings. The molecule has 0 aromatic rings. The van der Waals surface area contributed by atoms with Crippen LogP contribution in [-0.2, 0) is 33.2 Å². The highest BCUT2D eigenvalue weighted by Gasteiger charge is 2.86. The molecule has 3 N–H and O–H groups in total. The van der Waals surface area contributed by atoms with Crippen molar-refractivity contribution in [2.24, 2.45) is 50.7 Å². The van der Waals surface area contributed by atoms with Crippen LogP contribution < -0.4 is 0 Å². The molecule has 47 heavy (non-hydrogen) atoms. The standard InChI is InChI=1S/C37H56O10/c1-18-12-37(30-33(6,47-30)17-43-37)46-21-13-32(5)23-9-8-22-31(3,4)24(45-29-28(41)27(40)20(39)15-42-29)10-11-35(22)16-36(23,35)14-25(44-19(2)38)34(32,7)26(18)21/h18,20-30,39-41H,8-17H2,1-7H3/t18-,20+,21+,22+,23+,24+,25-,26+,27+,28-,29+,30-,32+,33-,34-,35-,36+,37+/m1/s1. The minimum absolute atomic E-state index is 0.00697. The average Bonchev–Trinajstić information content (AvgIpc) is 3.81. The number of carbonyl (C=O) groups is 1. The van der Waals surface area contributed by atoms with Gasteiger partial charge in [-0.1, -0.05) is 34.6 Å². The maximum Gasteiger partial charge on any atom is 0.302 e. The van der Waals surface area contributed by atoms with Gasteiger partial charge in [0.25, 0.3) is 0 Å². The number of aliphatic hydroxyl groups excluding tert-OH is 3. The van der Waals surface area contributed by atoms with Crippen LogP contribution in [0.3, 0.4) is 0 Å². The molecule has 3 spiro atoms. The molecule has 9 rings (SSSR count). The SMILES string of the molecule is CC(=O)O[C@@H]1C[C@@]23C[C@@]24CC[C@H](O[C@@H]2OC[C@H](O)[C@H](O)[C@H]2O)C(C)(C)[C@@H]4CC[C@H]3[C@]2(C)C[C@@H]3O[C@]4(C[C@@H](C)[C@@H]3[C@@]12C)OC[C@@]1(C)O[C@@H]41. The smallest absolute Gasteiger partial charge is 0.302 e. The number of rotatable bonds is 3. The normalized spacial score (nSPS) is 62.8. The molecule has 0 aromatic carbocycles. The summed E-state index contributed by atoms with van der Waals surface area (Å²) in [6.45, 7) is 16.1. The molecule has 5 saturated carbocycles. The van der Waals surface area contributed by atoms with Crippen molar-refractivity contribution in [3.05, 3.63) is 0 Å². The fraction of sp³-hybridized carbons (Fsp3) is 0.973. The quantitative estimate of drug-likeness (QED) is 0.234. The fourth-order valence-corrected chi connectivity index (χ4v) is 14.6. The first kappa shape index (κ1) is 32.1. The van der Waals surface area contributed by atoms with E-state index in [1.165, 1.54) is 0 Å².